The van der Waals surface area contributed by atoms with Gasteiger partial charge in [0.25, 0.3) is 0 Å². The second kappa shape index (κ2) is 5.52. The van der Waals surface area contributed by atoms with Crippen LogP contribution in [0.25, 0.3) is 0 Å². The lowest BCUT2D eigenvalue weighted by molar-refractivity contribution is -0.127. The maximum atomic E-state index is 10.1. The van der Waals surface area contributed by atoms with Gasteiger partial charge in [-0.1, -0.05) is 0 Å². The normalized spacial score (nSPS) is 18.6. The Kier molecular flexibility index (Phi) is 5.38. The van der Waals surface area contributed by atoms with Crippen molar-refractivity contribution in [3.63, 3.8) is 0 Å². The second-order valence-corrected chi connectivity index (χ2v) is 3.71. The zero-order chi connectivity index (χ0) is 11.4. The number of hydrogen-bond acceptors (Lipinski definition) is 6. The SMILES string of the molecule is O=C[C@@H](O)[C@@H](O)[C@H](O)COP(=O)(O)O. The van der Waals surface area contributed by atoms with Crippen molar-refractivity contribution in [3.8, 4) is 0 Å². The molecule has 0 unspecified atom stereocenters. The van der Waals surface area contributed by atoms with Gasteiger partial charge < -0.3 is 29.9 Å². The lowest BCUT2D eigenvalue weighted by Gasteiger charge is -2.19. The summed E-state index contributed by atoms with van der Waals surface area (Å²) in [5, 5.41) is 26.6. The quantitative estimate of drug-likeness (QED) is 0.246. The van der Waals surface area contributed by atoms with Crippen LogP contribution < -0.4 is 0 Å². The summed E-state index contributed by atoms with van der Waals surface area (Å²) >= 11 is 0. The average Bonchev–Trinajstić information content (AvgIpc) is 2.10. The third-order valence-electron chi connectivity index (χ3n) is 1.30. The zero-order valence-electron chi connectivity index (χ0n) is 6.92. The van der Waals surface area contributed by atoms with Crippen molar-refractivity contribution in [1.82, 2.24) is 0 Å². The van der Waals surface area contributed by atoms with Crippen LogP contribution in [-0.2, 0) is 13.9 Å². The Morgan fingerprint density at radius 3 is 2.14 bits per heavy atom. The van der Waals surface area contributed by atoms with Gasteiger partial charge in [-0.15, -0.1) is 0 Å². The zero-order valence-corrected chi connectivity index (χ0v) is 7.82. The van der Waals surface area contributed by atoms with Gasteiger partial charge in [0.15, 0.2) is 6.29 Å². The number of carbonyl (C=O) groups excluding carboxylic acids is 1. The first-order valence-corrected chi connectivity index (χ1v) is 5.00. The van der Waals surface area contributed by atoms with Crippen LogP contribution in [0.4, 0.5) is 0 Å². The van der Waals surface area contributed by atoms with E-state index in [1.807, 2.05) is 0 Å². The Labute approximate surface area is 79.0 Å². The van der Waals surface area contributed by atoms with Crippen molar-refractivity contribution in [3.05, 3.63) is 0 Å². The summed E-state index contributed by atoms with van der Waals surface area (Å²) in [6.07, 6.45) is -5.46. The van der Waals surface area contributed by atoms with Crippen molar-refractivity contribution in [1.29, 1.82) is 0 Å². The van der Waals surface area contributed by atoms with E-state index in [-0.39, 0.29) is 6.29 Å². The van der Waals surface area contributed by atoms with Crippen molar-refractivity contribution in [2.24, 2.45) is 0 Å². The molecular formula is C5H11O8P. The van der Waals surface area contributed by atoms with E-state index in [1.165, 1.54) is 0 Å². The Morgan fingerprint density at radius 2 is 1.79 bits per heavy atom. The summed E-state index contributed by atoms with van der Waals surface area (Å²) < 4.78 is 14.0. The summed E-state index contributed by atoms with van der Waals surface area (Å²) in [5.41, 5.74) is 0. The predicted molar refractivity (Wildman–Crippen MR) is 42.1 cm³/mol. The van der Waals surface area contributed by atoms with Gasteiger partial charge >= 0.3 is 7.82 Å². The third kappa shape index (κ3) is 5.40. The highest BCUT2D eigenvalue weighted by molar-refractivity contribution is 7.46. The summed E-state index contributed by atoms with van der Waals surface area (Å²) in [6, 6.07) is 0. The van der Waals surface area contributed by atoms with E-state index in [0.29, 0.717) is 0 Å². The molecule has 3 atom stereocenters. The average molecular weight is 230 g/mol. The largest absolute Gasteiger partial charge is 0.469 e. The van der Waals surface area contributed by atoms with Crippen LogP contribution in [0.5, 0.6) is 0 Å². The van der Waals surface area contributed by atoms with Gasteiger partial charge in [0, 0.05) is 0 Å². The molecule has 8 nitrogen and oxygen atoms in total. The summed E-state index contributed by atoms with van der Waals surface area (Å²) in [4.78, 5) is 26.4. The van der Waals surface area contributed by atoms with E-state index in [4.69, 9.17) is 25.1 Å². The van der Waals surface area contributed by atoms with Crippen LogP contribution in [0.2, 0.25) is 0 Å². The molecule has 0 amide bonds. The summed E-state index contributed by atoms with van der Waals surface area (Å²) in [6.45, 7) is -0.893. The standard InChI is InChI=1S/C5H11O8P/c6-1-3(7)5(9)4(8)2-13-14(10,11)12/h1,3-5,7-9H,2H2,(H2,10,11,12)/t3-,4-,5-/m1/s1. The molecule has 0 aromatic heterocycles. The Hall–Kier alpha value is -0.340. The van der Waals surface area contributed by atoms with Gasteiger partial charge in [-0.2, -0.15) is 0 Å². The van der Waals surface area contributed by atoms with Crippen LogP contribution >= 0.6 is 7.82 Å². The first kappa shape index (κ1) is 13.7. The number of hydrogen-bond donors (Lipinski definition) is 5. The van der Waals surface area contributed by atoms with Gasteiger partial charge in [0.05, 0.1) is 6.61 Å². The summed E-state index contributed by atoms with van der Waals surface area (Å²) in [7, 11) is -4.74. The highest BCUT2D eigenvalue weighted by Gasteiger charge is 2.27. The van der Waals surface area contributed by atoms with Crippen LogP contribution in [-0.4, -0.2) is 56.3 Å². The molecule has 0 rings (SSSR count). The molecule has 0 aliphatic heterocycles. The molecule has 14 heavy (non-hydrogen) atoms. The minimum Gasteiger partial charge on any atom is -0.388 e. The molecule has 0 aliphatic rings. The molecule has 0 aromatic rings. The highest BCUT2D eigenvalue weighted by Crippen LogP contribution is 2.35. The molecule has 84 valence electrons. The van der Waals surface area contributed by atoms with Crippen molar-refractivity contribution in [2.45, 2.75) is 18.3 Å². The molecular weight excluding hydrogens is 219 g/mol. The predicted octanol–water partition coefficient (Wildman–Crippen LogP) is -2.62. The van der Waals surface area contributed by atoms with Crippen molar-refractivity contribution >= 4 is 14.1 Å². The maximum Gasteiger partial charge on any atom is 0.469 e. The molecule has 0 saturated carbocycles. The number of aliphatic hydroxyl groups is 3. The molecule has 0 fully saturated rings. The van der Waals surface area contributed by atoms with E-state index in [0.717, 1.165) is 0 Å². The Morgan fingerprint density at radius 1 is 1.29 bits per heavy atom. The summed E-state index contributed by atoms with van der Waals surface area (Å²) in [5.74, 6) is 0. The number of phosphoric acid groups is 1. The molecule has 0 aromatic carbocycles. The number of phosphoric ester groups is 1. The van der Waals surface area contributed by atoms with Crippen molar-refractivity contribution in [2.75, 3.05) is 6.61 Å². The van der Waals surface area contributed by atoms with E-state index < -0.39 is 32.7 Å². The molecule has 0 heterocycles. The fourth-order valence-electron chi connectivity index (χ4n) is 0.580. The lowest BCUT2D eigenvalue weighted by Crippen LogP contribution is -2.40. The Balaban J connectivity index is 4.02. The van der Waals surface area contributed by atoms with Crippen LogP contribution in [0, 0.1) is 0 Å². The van der Waals surface area contributed by atoms with Crippen molar-refractivity contribution < 1.29 is 39.0 Å². The maximum absolute atomic E-state index is 10.1. The first-order valence-electron chi connectivity index (χ1n) is 3.47. The monoisotopic (exact) mass is 230 g/mol. The van der Waals surface area contributed by atoms with Crippen LogP contribution in [0.15, 0.2) is 0 Å². The lowest BCUT2D eigenvalue weighted by atomic mass is 10.1. The van der Waals surface area contributed by atoms with E-state index in [1.54, 1.807) is 0 Å². The third-order valence-corrected chi connectivity index (χ3v) is 1.78. The topological polar surface area (TPSA) is 145 Å². The minimum absolute atomic E-state index is 0.0225. The molecule has 5 N–H and O–H groups in total. The van der Waals surface area contributed by atoms with Gasteiger partial charge in [0.1, 0.15) is 18.3 Å². The first-order chi connectivity index (χ1) is 6.28. The molecule has 0 aliphatic carbocycles. The second-order valence-electron chi connectivity index (χ2n) is 2.47. The van der Waals surface area contributed by atoms with E-state index >= 15 is 0 Å². The molecule has 0 bridgehead atoms. The van der Waals surface area contributed by atoms with Gasteiger partial charge in [-0.3, -0.25) is 4.52 Å². The minimum atomic E-state index is -4.74. The van der Waals surface area contributed by atoms with Crippen LogP contribution in [0.3, 0.4) is 0 Å². The molecule has 0 radical (unpaired) electrons. The van der Waals surface area contributed by atoms with E-state index in [9.17, 15) is 9.36 Å². The van der Waals surface area contributed by atoms with Gasteiger partial charge in [-0.05, 0) is 0 Å². The molecule has 9 heteroatoms. The Bertz CT molecular complexity index is 224. The smallest absolute Gasteiger partial charge is 0.388 e. The number of aldehydes is 1. The van der Waals surface area contributed by atoms with Gasteiger partial charge in [0.2, 0.25) is 0 Å². The fourth-order valence-corrected chi connectivity index (χ4v) is 0.927. The highest BCUT2D eigenvalue weighted by atomic mass is 31.2. The van der Waals surface area contributed by atoms with Gasteiger partial charge in [-0.25, -0.2) is 4.57 Å². The molecule has 0 spiro atoms. The number of carbonyl (C=O) groups is 1. The fraction of sp³-hybridized carbons (Fsp3) is 0.800. The number of aliphatic hydroxyl groups excluding tert-OH is 3. The van der Waals surface area contributed by atoms with E-state index in [2.05, 4.69) is 4.52 Å². The number of rotatable bonds is 6. The molecule has 0 saturated heterocycles. The van der Waals surface area contributed by atoms with Crippen LogP contribution in [0.1, 0.15) is 0 Å².